The third kappa shape index (κ3) is 3.04. The molecule has 0 atom stereocenters. The summed E-state index contributed by atoms with van der Waals surface area (Å²) in [6.45, 7) is 2.11. The van der Waals surface area contributed by atoms with Crippen molar-refractivity contribution in [3.63, 3.8) is 0 Å². The molecule has 118 valence electrons. The predicted octanol–water partition coefficient (Wildman–Crippen LogP) is 2.75. The van der Waals surface area contributed by atoms with Crippen molar-refractivity contribution < 1.29 is 4.79 Å². The van der Waals surface area contributed by atoms with Gasteiger partial charge in [-0.1, -0.05) is 31.2 Å². The molecule has 5 heteroatoms. The lowest BCUT2D eigenvalue weighted by atomic mass is 10.1. The number of hydrogen-bond donors (Lipinski definition) is 2. The highest BCUT2D eigenvalue weighted by molar-refractivity contribution is 5.91. The van der Waals surface area contributed by atoms with E-state index in [0.717, 1.165) is 12.0 Å². The molecule has 0 aliphatic rings. The van der Waals surface area contributed by atoms with Crippen LogP contribution in [0.25, 0.3) is 11.0 Å². The Bertz CT molecular complexity index is 904. The lowest BCUT2D eigenvalue weighted by Crippen LogP contribution is -2.24. The van der Waals surface area contributed by atoms with Crippen LogP contribution in [-0.4, -0.2) is 15.5 Å². The van der Waals surface area contributed by atoms with Gasteiger partial charge in [-0.2, -0.15) is 0 Å². The molecule has 1 heterocycles. The van der Waals surface area contributed by atoms with E-state index in [1.165, 1.54) is 10.1 Å². The zero-order chi connectivity index (χ0) is 16.4. The van der Waals surface area contributed by atoms with Crippen LogP contribution in [0.5, 0.6) is 0 Å². The number of hydrogen-bond acceptors (Lipinski definition) is 3. The first kappa shape index (κ1) is 15.1. The summed E-state index contributed by atoms with van der Waals surface area (Å²) >= 11 is 0. The second-order valence-electron chi connectivity index (χ2n) is 5.61. The molecule has 0 aliphatic carbocycles. The van der Waals surface area contributed by atoms with Crippen molar-refractivity contribution in [3.05, 3.63) is 64.1 Å². The van der Waals surface area contributed by atoms with Gasteiger partial charge in [0.1, 0.15) is 0 Å². The summed E-state index contributed by atoms with van der Waals surface area (Å²) in [4.78, 5) is 27.1. The van der Waals surface area contributed by atoms with Crippen LogP contribution in [0, 0.1) is 0 Å². The highest BCUT2D eigenvalue weighted by atomic mass is 16.2. The van der Waals surface area contributed by atoms with Crippen LogP contribution < -0.4 is 11.4 Å². The maximum atomic E-state index is 12.4. The minimum atomic E-state index is -0.420. The van der Waals surface area contributed by atoms with Gasteiger partial charge >= 0.3 is 5.69 Å². The first-order valence-corrected chi connectivity index (χ1v) is 7.69. The number of rotatable bonds is 4. The van der Waals surface area contributed by atoms with Gasteiger partial charge in [-0.05, 0) is 42.2 Å². The van der Waals surface area contributed by atoms with Crippen LogP contribution in [0.2, 0.25) is 0 Å². The number of fused-ring (bicyclic) bond motifs is 1. The summed E-state index contributed by atoms with van der Waals surface area (Å²) in [6, 6.07) is 13.2. The average molecular weight is 309 g/mol. The predicted molar refractivity (Wildman–Crippen MR) is 91.7 cm³/mol. The normalized spacial score (nSPS) is 11.0. The number of carbonyl (C=O) groups is 1. The SMILES string of the molecule is CCc1ccc(CCC(=O)n2c(=O)[nH]c3cc(N)ccc32)cc1. The monoisotopic (exact) mass is 309 g/mol. The molecule has 5 nitrogen and oxygen atoms in total. The number of nitrogens with one attached hydrogen (secondary N) is 1. The quantitative estimate of drug-likeness (QED) is 0.727. The molecule has 0 spiro atoms. The molecule has 0 amide bonds. The zero-order valence-electron chi connectivity index (χ0n) is 13.0. The van der Waals surface area contributed by atoms with Crippen molar-refractivity contribution in [1.29, 1.82) is 0 Å². The van der Waals surface area contributed by atoms with Gasteiger partial charge in [-0.15, -0.1) is 0 Å². The van der Waals surface area contributed by atoms with Gasteiger partial charge in [0, 0.05) is 12.1 Å². The second-order valence-corrected chi connectivity index (χ2v) is 5.61. The molecular weight excluding hydrogens is 290 g/mol. The summed E-state index contributed by atoms with van der Waals surface area (Å²) in [7, 11) is 0. The minimum Gasteiger partial charge on any atom is -0.399 e. The van der Waals surface area contributed by atoms with Crippen molar-refractivity contribution in [1.82, 2.24) is 9.55 Å². The van der Waals surface area contributed by atoms with E-state index >= 15 is 0 Å². The molecule has 0 saturated carbocycles. The molecule has 0 saturated heterocycles. The molecule has 0 unspecified atom stereocenters. The van der Waals surface area contributed by atoms with Crippen LogP contribution in [0.1, 0.15) is 29.3 Å². The van der Waals surface area contributed by atoms with Crippen molar-refractivity contribution in [3.8, 4) is 0 Å². The third-order valence-corrected chi connectivity index (χ3v) is 4.01. The summed E-state index contributed by atoms with van der Waals surface area (Å²) in [5.41, 5.74) is 9.34. The highest BCUT2D eigenvalue weighted by Crippen LogP contribution is 2.15. The minimum absolute atomic E-state index is 0.217. The van der Waals surface area contributed by atoms with Crippen LogP contribution >= 0.6 is 0 Å². The number of nitrogens with two attached hydrogens (primary N) is 1. The van der Waals surface area contributed by atoms with E-state index in [4.69, 9.17) is 5.73 Å². The van der Waals surface area contributed by atoms with E-state index in [2.05, 4.69) is 24.0 Å². The first-order chi connectivity index (χ1) is 11.1. The van der Waals surface area contributed by atoms with E-state index in [0.29, 0.717) is 23.1 Å². The van der Waals surface area contributed by atoms with Crippen molar-refractivity contribution in [2.45, 2.75) is 26.2 Å². The Morgan fingerprint density at radius 1 is 1.13 bits per heavy atom. The molecule has 2 aromatic carbocycles. The largest absolute Gasteiger partial charge is 0.399 e. The Morgan fingerprint density at radius 3 is 2.52 bits per heavy atom. The standard InChI is InChI=1S/C18H19N3O2/c1-2-12-3-5-13(6-4-12)7-10-17(22)21-16-9-8-14(19)11-15(16)20-18(21)23/h3-6,8-9,11H,2,7,10,19H2,1H3,(H,20,23). The number of carbonyl (C=O) groups excluding carboxylic acids is 1. The number of H-pyrrole nitrogens is 1. The zero-order valence-corrected chi connectivity index (χ0v) is 13.0. The van der Waals surface area contributed by atoms with E-state index < -0.39 is 5.69 Å². The molecule has 1 aromatic heterocycles. The van der Waals surface area contributed by atoms with E-state index in [1.54, 1.807) is 18.2 Å². The summed E-state index contributed by atoms with van der Waals surface area (Å²) < 4.78 is 1.19. The molecule has 3 N–H and O–H groups in total. The smallest absolute Gasteiger partial charge is 0.333 e. The number of aromatic nitrogens is 2. The summed E-state index contributed by atoms with van der Waals surface area (Å²) in [5, 5.41) is 0. The molecule has 0 radical (unpaired) electrons. The van der Waals surface area contributed by atoms with Crippen LogP contribution in [0.4, 0.5) is 5.69 Å². The molecular formula is C18H19N3O2. The maximum Gasteiger partial charge on any atom is 0.333 e. The van der Waals surface area contributed by atoms with Gasteiger partial charge in [-0.25, -0.2) is 9.36 Å². The Hall–Kier alpha value is -2.82. The number of nitrogen functional groups attached to an aromatic ring is 1. The van der Waals surface area contributed by atoms with E-state index in [9.17, 15) is 9.59 Å². The number of aryl methyl sites for hydroxylation is 2. The van der Waals surface area contributed by atoms with Gasteiger partial charge in [-0.3, -0.25) is 4.79 Å². The number of aromatic amines is 1. The highest BCUT2D eigenvalue weighted by Gasteiger charge is 2.14. The number of nitrogens with zero attached hydrogens (tertiary/aromatic N) is 1. The molecule has 0 bridgehead atoms. The van der Waals surface area contributed by atoms with Crippen LogP contribution in [-0.2, 0) is 12.8 Å². The molecule has 0 aliphatic heterocycles. The van der Waals surface area contributed by atoms with Crippen LogP contribution in [0.15, 0.2) is 47.3 Å². The second kappa shape index (κ2) is 6.12. The van der Waals surface area contributed by atoms with Crippen LogP contribution in [0.3, 0.4) is 0 Å². The van der Waals surface area contributed by atoms with Gasteiger partial charge in [0.2, 0.25) is 5.91 Å². The van der Waals surface area contributed by atoms with Crippen molar-refractivity contribution >= 4 is 22.6 Å². The number of imidazole rings is 1. The molecule has 23 heavy (non-hydrogen) atoms. The Morgan fingerprint density at radius 2 is 1.83 bits per heavy atom. The molecule has 0 fully saturated rings. The van der Waals surface area contributed by atoms with Gasteiger partial charge in [0.05, 0.1) is 11.0 Å². The fourth-order valence-corrected chi connectivity index (χ4v) is 2.68. The third-order valence-electron chi connectivity index (χ3n) is 4.01. The molecule has 3 aromatic rings. The van der Waals surface area contributed by atoms with Gasteiger partial charge < -0.3 is 10.7 Å². The van der Waals surface area contributed by atoms with Crippen molar-refractivity contribution in [2.24, 2.45) is 0 Å². The number of anilines is 1. The lowest BCUT2D eigenvalue weighted by Gasteiger charge is -2.04. The molecule has 3 rings (SSSR count). The summed E-state index contributed by atoms with van der Waals surface area (Å²) in [5.74, 6) is -0.217. The van der Waals surface area contributed by atoms with E-state index in [1.807, 2.05) is 12.1 Å². The maximum absolute atomic E-state index is 12.4. The Kier molecular flexibility index (Phi) is 4.02. The first-order valence-electron chi connectivity index (χ1n) is 7.69. The van der Waals surface area contributed by atoms with Gasteiger partial charge in [0.25, 0.3) is 0 Å². The fourth-order valence-electron chi connectivity index (χ4n) is 2.68. The topological polar surface area (TPSA) is 80.9 Å². The number of benzene rings is 2. The van der Waals surface area contributed by atoms with E-state index in [-0.39, 0.29) is 12.3 Å². The van der Waals surface area contributed by atoms with Gasteiger partial charge in [0.15, 0.2) is 0 Å². The van der Waals surface area contributed by atoms with Crippen molar-refractivity contribution in [2.75, 3.05) is 5.73 Å². The average Bonchev–Trinajstić information content (AvgIpc) is 2.88. The fraction of sp³-hybridized carbons (Fsp3) is 0.222. The summed E-state index contributed by atoms with van der Waals surface area (Å²) in [6.07, 6.45) is 1.88. The lowest BCUT2D eigenvalue weighted by molar-refractivity contribution is 0.0904. The Labute approximate surface area is 133 Å². The Balaban J connectivity index is 1.80.